The second-order valence-electron chi connectivity index (χ2n) is 6.45. The van der Waals surface area contributed by atoms with Crippen molar-refractivity contribution in [2.24, 2.45) is 0 Å². The molecule has 0 aromatic heterocycles. The van der Waals surface area contributed by atoms with Gasteiger partial charge in [-0.05, 0) is 74.8 Å². The molecule has 4 N–H and O–H groups in total. The molecule has 0 bridgehead atoms. The van der Waals surface area contributed by atoms with Crippen LogP contribution in [0.25, 0.3) is 0 Å². The molecule has 3 rings (SSSR count). The molecule has 132 valence electrons. The van der Waals surface area contributed by atoms with Crippen LogP contribution in [0.2, 0.25) is 0 Å². The van der Waals surface area contributed by atoms with Gasteiger partial charge in [0.25, 0.3) is 0 Å². The van der Waals surface area contributed by atoms with Crippen molar-refractivity contribution in [1.82, 2.24) is 4.90 Å². The molecule has 1 aliphatic rings. The second kappa shape index (κ2) is 8.03. The monoisotopic (exact) mass is 339 g/mol. The molecule has 1 fully saturated rings. The first-order valence-corrected chi connectivity index (χ1v) is 8.78. The van der Waals surface area contributed by atoms with Crippen molar-refractivity contribution in [3.05, 3.63) is 53.6 Å². The van der Waals surface area contributed by atoms with Crippen LogP contribution in [0.4, 0.5) is 11.4 Å². The summed E-state index contributed by atoms with van der Waals surface area (Å²) in [6, 6.07) is 12.2. The summed E-state index contributed by atoms with van der Waals surface area (Å²) in [6.45, 7) is 4.21. The Hall–Kier alpha value is -2.53. The highest BCUT2D eigenvalue weighted by atomic mass is 16.5. The molecular weight excluding hydrogens is 314 g/mol. The van der Waals surface area contributed by atoms with Crippen LogP contribution in [0.1, 0.15) is 35.2 Å². The number of ether oxygens (including phenoxy) is 1. The molecule has 0 amide bonds. The third-order valence-corrected chi connectivity index (χ3v) is 4.55. The Bertz CT molecular complexity index is 722. The Labute approximate surface area is 148 Å². The van der Waals surface area contributed by atoms with Crippen molar-refractivity contribution in [3.8, 4) is 5.75 Å². The van der Waals surface area contributed by atoms with Gasteiger partial charge in [0.2, 0.25) is 0 Å². The molecule has 0 saturated carbocycles. The maximum atomic E-state index is 12.5. The molecule has 0 aliphatic carbocycles. The van der Waals surface area contributed by atoms with Gasteiger partial charge in [-0.1, -0.05) is 0 Å². The number of carbonyl (C=O) groups excluding carboxylic acids is 1. The van der Waals surface area contributed by atoms with Crippen LogP contribution in [0, 0.1) is 0 Å². The lowest BCUT2D eigenvalue weighted by atomic mass is 10.0. The van der Waals surface area contributed by atoms with Crippen LogP contribution in [-0.4, -0.2) is 36.9 Å². The van der Waals surface area contributed by atoms with E-state index in [1.165, 1.54) is 25.9 Å². The first kappa shape index (κ1) is 17.3. The van der Waals surface area contributed by atoms with E-state index in [-0.39, 0.29) is 5.78 Å². The molecule has 2 aromatic rings. The van der Waals surface area contributed by atoms with Crippen molar-refractivity contribution >= 4 is 17.2 Å². The Kier molecular flexibility index (Phi) is 5.56. The molecule has 2 aromatic carbocycles. The van der Waals surface area contributed by atoms with Gasteiger partial charge in [-0.2, -0.15) is 0 Å². The van der Waals surface area contributed by atoms with Gasteiger partial charge >= 0.3 is 0 Å². The molecular formula is C20H25N3O2. The molecule has 0 spiro atoms. The number of rotatable bonds is 7. The van der Waals surface area contributed by atoms with E-state index in [0.717, 1.165) is 18.7 Å². The van der Waals surface area contributed by atoms with Gasteiger partial charge in [0.15, 0.2) is 5.78 Å². The average molecular weight is 339 g/mol. The van der Waals surface area contributed by atoms with Crippen LogP contribution >= 0.6 is 0 Å². The highest BCUT2D eigenvalue weighted by molar-refractivity contribution is 6.09. The second-order valence-corrected chi connectivity index (χ2v) is 6.45. The van der Waals surface area contributed by atoms with E-state index in [0.29, 0.717) is 29.1 Å². The predicted octanol–water partition coefficient (Wildman–Crippen LogP) is 2.95. The topological polar surface area (TPSA) is 81.6 Å². The van der Waals surface area contributed by atoms with Crippen LogP contribution in [0.5, 0.6) is 5.75 Å². The Morgan fingerprint density at radius 1 is 0.960 bits per heavy atom. The predicted molar refractivity (Wildman–Crippen MR) is 101 cm³/mol. The Balaban J connectivity index is 1.52. The minimum absolute atomic E-state index is 0.0766. The van der Waals surface area contributed by atoms with E-state index in [2.05, 4.69) is 4.90 Å². The van der Waals surface area contributed by atoms with Gasteiger partial charge in [-0.25, -0.2) is 0 Å². The minimum Gasteiger partial charge on any atom is -0.494 e. The summed E-state index contributed by atoms with van der Waals surface area (Å²) in [5.41, 5.74) is 13.5. The van der Waals surface area contributed by atoms with Gasteiger partial charge in [-0.15, -0.1) is 0 Å². The molecule has 0 unspecified atom stereocenters. The highest BCUT2D eigenvalue weighted by Crippen LogP contribution is 2.20. The van der Waals surface area contributed by atoms with Crippen molar-refractivity contribution in [2.75, 3.05) is 37.7 Å². The summed E-state index contributed by atoms with van der Waals surface area (Å²) >= 11 is 0. The summed E-state index contributed by atoms with van der Waals surface area (Å²) in [7, 11) is 0. The van der Waals surface area contributed by atoms with Crippen molar-refractivity contribution in [1.29, 1.82) is 0 Å². The first-order valence-electron chi connectivity index (χ1n) is 8.78. The number of nitrogens with zero attached hydrogens (tertiary/aromatic N) is 1. The fourth-order valence-electron chi connectivity index (χ4n) is 3.07. The van der Waals surface area contributed by atoms with E-state index in [1.807, 2.05) is 12.1 Å². The van der Waals surface area contributed by atoms with Gasteiger partial charge in [0.1, 0.15) is 5.75 Å². The highest BCUT2D eigenvalue weighted by Gasteiger charge is 2.12. The number of nitrogens with two attached hydrogens (primary N) is 2. The molecule has 0 atom stereocenters. The molecule has 5 nitrogen and oxygen atoms in total. The third-order valence-electron chi connectivity index (χ3n) is 4.55. The maximum absolute atomic E-state index is 12.5. The molecule has 1 saturated heterocycles. The maximum Gasteiger partial charge on any atom is 0.193 e. The number of likely N-dealkylation sites (tertiary alicyclic amines) is 1. The number of hydrogen-bond acceptors (Lipinski definition) is 5. The number of ketones is 1. The first-order chi connectivity index (χ1) is 12.1. The summed E-state index contributed by atoms with van der Waals surface area (Å²) in [5, 5.41) is 0. The van der Waals surface area contributed by atoms with E-state index in [1.54, 1.807) is 30.3 Å². The van der Waals surface area contributed by atoms with Crippen LogP contribution < -0.4 is 16.2 Å². The zero-order chi connectivity index (χ0) is 17.6. The van der Waals surface area contributed by atoms with Crippen molar-refractivity contribution < 1.29 is 9.53 Å². The normalized spacial score (nSPS) is 14.6. The summed E-state index contributed by atoms with van der Waals surface area (Å²) in [4.78, 5) is 15.0. The molecule has 5 heteroatoms. The number of hydrogen-bond donors (Lipinski definition) is 2. The van der Waals surface area contributed by atoms with Gasteiger partial charge in [0, 0.05) is 17.7 Å². The lowest BCUT2D eigenvalue weighted by Crippen LogP contribution is -2.21. The van der Waals surface area contributed by atoms with Crippen molar-refractivity contribution in [2.45, 2.75) is 19.3 Å². The van der Waals surface area contributed by atoms with E-state index < -0.39 is 0 Å². The summed E-state index contributed by atoms with van der Waals surface area (Å²) < 4.78 is 5.77. The van der Waals surface area contributed by atoms with Gasteiger partial charge in [-0.3, -0.25) is 4.79 Å². The third kappa shape index (κ3) is 4.51. The Morgan fingerprint density at radius 2 is 1.64 bits per heavy atom. The fraction of sp³-hybridized carbons (Fsp3) is 0.350. The molecule has 1 heterocycles. The molecule has 25 heavy (non-hydrogen) atoms. The number of anilines is 2. The van der Waals surface area contributed by atoms with Crippen LogP contribution in [0.15, 0.2) is 42.5 Å². The smallest absolute Gasteiger partial charge is 0.193 e. The van der Waals surface area contributed by atoms with E-state index in [9.17, 15) is 4.79 Å². The Morgan fingerprint density at radius 3 is 2.32 bits per heavy atom. The lowest BCUT2D eigenvalue weighted by molar-refractivity contribution is 0.103. The van der Waals surface area contributed by atoms with Crippen LogP contribution in [-0.2, 0) is 0 Å². The number of carbonyl (C=O) groups is 1. The number of nitrogen functional groups attached to an aromatic ring is 2. The average Bonchev–Trinajstić information content (AvgIpc) is 3.14. The van der Waals surface area contributed by atoms with E-state index in [4.69, 9.17) is 16.2 Å². The molecule has 0 radical (unpaired) electrons. The fourth-order valence-corrected chi connectivity index (χ4v) is 3.07. The van der Waals surface area contributed by atoms with Gasteiger partial charge < -0.3 is 21.1 Å². The standard InChI is InChI=1S/C20H25N3O2/c21-18-9-6-16(14-19(18)22)20(24)15-4-7-17(8-5-15)25-13-3-12-23-10-1-2-11-23/h4-9,14H,1-3,10-13,21-22H2. The largest absolute Gasteiger partial charge is 0.494 e. The number of benzene rings is 2. The zero-order valence-corrected chi connectivity index (χ0v) is 14.4. The van der Waals surface area contributed by atoms with Gasteiger partial charge in [0.05, 0.1) is 18.0 Å². The zero-order valence-electron chi connectivity index (χ0n) is 14.4. The summed E-state index contributed by atoms with van der Waals surface area (Å²) in [5.74, 6) is 0.710. The minimum atomic E-state index is -0.0766. The van der Waals surface area contributed by atoms with E-state index >= 15 is 0 Å². The molecule has 1 aliphatic heterocycles. The quantitative estimate of drug-likeness (QED) is 0.460. The SMILES string of the molecule is Nc1ccc(C(=O)c2ccc(OCCCN3CCCC3)cc2)cc1N. The lowest BCUT2D eigenvalue weighted by Gasteiger charge is -2.14. The summed E-state index contributed by atoms with van der Waals surface area (Å²) in [6.07, 6.45) is 3.65. The van der Waals surface area contributed by atoms with Crippen molar-refractivity contribution in [3.63, 3.8) is 0 Å². The van der Waals surface area contributed by atoms with Crippen LogP contribution in [0.3, 0.4) is 0 Å².